The maximum absolute atomic E-state index is 6.30. The summed E-state index contributed by atoms with van der Waals surface area (Å²) >= 11 is 6.30. The van der Waals surface area contributed by atoms with Crippen LogP contribution in [-0.2, 0) is 0 Å². The molecule has 0 saturated heterocycles. The van der Waals surface area contributed by atoms with Crippen molar-refractivity contribution in [3.8, 4) is 11.4 Å². The summed E-state index contributed by atoms with van der Waals surface area (Å²) in [7, 11) is 0. The lowest BCUT2D eigenvalue weighted by molar-refractivity contribution is 0.357. The predicted octanol–water partition coefficient (Wildman–Crippen LogP) is 2.94. The summed E-state index contributed by atoms with van der Waals surface area (Å²) in [6.45, 7) is 0. The molecule has 0 aliphatic heterocycles. The largest absolute Gasteiger partial charge is 0.398 e. The third kappa shape index (κ3) is 1.97. The van der Waals surface area contributed by atoms with Gasteiger partial charge >= 0.3 is 0 Å². The van der Waals surface area contributed by atoms with E-state index in [0.717, 1.165) is 5.56 Å². The Balaban J connectivity index is 1.81. The van der Waals surface area contributed by atoms with Crippen molar-refractivity contribution in [3.05, 3.63) is 23.2 Å². The first-order valence-corrected chi connectivity index (χ1v) is 7.45. The number of rotatable bonds is 4. The summed E-state index contributed by atoms with van der Waals surface area (Å²) in [6, 6.07) is 5.92. The van der Waals surface area contributed by atoms with Crippen LogP contribution < -0.4 is 5.73 Å². The van der Waals surface area contributed by atoms with Gasteiger partial charge in [0, 0.05) is 5.69 Å². The molecule has 0 bridgehead atoms. The molecular weight excluding hydrogens is 274 g/mol. The summed E-state index contributed by atoms with van der Waals surface area (Å²) in [5.41, 5.74) is 7.45. The van der Waals surface area contributed by atoms with Crippen molar-refractivity contribution < 1.29 is 0 Å². The number of nitrogens with two attached hydrogens (primary N) is 1. The zero-order valence-corrected chi connectivity index (χ0v) is 11.8. The van der Waals surface area contributed by atoms with Crippen LogP contribution in [0.15, 0.2) is 18.2 Å². The highest BCUT2D eigenvalue weighted by atomic mass is 35.5. The fourth-order valence-electron chi connectivity index (χ4n) is 3.00. The molecule has 0 atom stereocenters. The molecule has 4 rings (SSSR count). The van der Waals surface area contributed by atoms with Gasteiger partial charge in [0.05, 0.1) is 16.6 Å². The molecule has 1 aromatic heterocycles. The molecule has 0 amide bonds. The number of benzene rings is 1. The average Bonchev–Trinajstić information content (AvgIpc) is 3.32. The van der Waals surface area contributed by atoms with Gasteiger partial charge in [-0.3, -0.25) is 0 Å². The van der Waals surface area contributed by atoms with Gasteiger partial charge in [-0.25, -0.2) is 4.68 Å². The third-order valence-corrected chi connectivity index (χ3v) is 4.57. The van der Waals surface area contributed by atoms with E-state index in [1.807, 2.05) is 22.9 Å². The fourth-order valence-corrected chi connectivity index (χ4v) is 3.26. The Bertz CT molecular complexity index is 613. The minimum atomic E-state index is 0.413. The van der Waals surface area contributed by atoms with Gasteiger partial charge in [0.1, 0.15) is 0 Å². The zero-order valence-electron chi connectivity index (χ0n) is 11.0. The van der Waals surface area contributed by atoms with E-state index >= 15 is 0 Å². The van der Waals surface area contributed by atoms with E-state index in [4.69, 9.17) is 17.3 Å². The van der Waals surface area contributed by atoms with Gasteiger partial charge in [0.15, 0.2) is 5.82 Å². The van der Waals surface area contributed by atoms with Gasteiger partial charge in [-0.2, -0.15) is 0 Å². The maximum Gasteiger partial charge on any atom is 0.185 e. The average molecular weight is 290 g/mol. The molecule has 1 heterocycles. The van der Waals surface area contributed by atoms with Crippen LogP contribution in [0.3, 0.4) is 0 Å². The lowest BCUT2D eigenvalue weighted by Gasteiger charge is -2.18. The van der Waals surface area contributed by atoms with Crippen molar-refractivity contribution in [1.82, 2.24) is 20.2 Å². The molecule has 2 aliphatic rings. The molecule has 20 heavy (non-hydrogen) atoms. The van der Waals surface area contributed by atoms with Crippen LogP contribution in [0.2, 0.25) is 5.02 Å². The van der Waals surface area contributed by atoms with E-state index in [-0.39, 0.29) is 0 Å². The Morgan fingerprint density at radius 3 is 2.50 bits per heavy atom. The Morgan fingerprint density at radius 1 is 1.20 bits per heavy atom. The second-order valence-corrected chi connectivity index (χ2v) is 6.22. The maximum atomic E-state index is 6.30. The van der Waals surface area contributed by atoms with Crippen molar-refractivity contribution in [2.75, 3.05) is 5.73 Å². The quantitative estimate of drug-likeness (QED) is 0.879. The zero-order chi connectivity index (χ0) is 13.7. The van der Waals surface area contributed by atoms with Crippen molar-refractivity contribution in [2.24, 2.45) is 11.8 Å². The van der Waals surface area contributed by atoms with Gasteiger partial charge in [-0.05, 0) is 60.1 Å². The molecule has 5 nitrogen and oxygen atoms in total. The molecule has 2 aromatic rings. The highest BCUT2D eigenvalue weighted by Crippen LogP contribution is 2.52. The molecule has 1 aromatic carbocycles. The number of hydrogen-bond donors (Lipinski definition) is 1. The van der Waals surface area contributed by atoms with Gasteiger partial charge in [0.2, 0.25) is 0 Å². The van der Waals surface area contributed by atoms with E-state index in [0.29, 0.717) is 34.4 Å². The standard InChI is InChI=1S/C14H16ClN5/c15-10-2-1-3-11(16)12(10)14-17-18-19-20(14)13(8-4-5-8)9-6-7-9/h1-3,8-9,13H,4-7,16H2. The van der Waals surface area contributed by atoms with Gasteiger partial charge in [0.25, 0.3) is 0 Å². The molecule has 0 radical (unpaired) electrons. The van der Waals surface area contributed by atoms with Crippen LogP contribution in [0, 0.1) is 11.8 Å². The minimum absolute atomic E-state index is 0.413. The molecule has 2 N–H and O–H groups in total. The third-order valence-electron chi connectivity index (χ3n) is 4.25. The SMILES string of the molecule is Nc1cccc(Cl)c1-c1nnnn1C(C1CC1)C1CC1. The number of halogens is 1. The lowest BCUT2D eigenvalue weighted by Crippen LogP contribution is -2.17. The first-order valence-electron chi connectivity index (χ1n) is 7.08. The van der Waals surface area contributed by atoms with Crippen LogP contribution in [-0.4, -0.2) is 20.2 Å². The number of nitrogen functional groups attached to an aromatic ring is 1. The Kier molecular flexibility index (Phi) is 2.70. The molecule has 2 aliphatic carbocycles. The number of tetrazole rings is 1. The van der Waals surface area contributed by atoms with Gasteiger partial charge in [-0.1, -0.05) is 17.7 Å². The molecule has 0 unspecified atom stereocenters. The molecule has 2 saturated carbocycles. The van der Waals surface area contributed by atoms with Crippen molar-refractivity contribution in [3.63, 3.8) is 0 Å². The lowest BCUT2D eigenvalue weighted by atomic mass is 10.1. The Morgan fingerprint density at radius 2 is 1.90 bits per heavy atom. The normalized spacial score (nSPS) is 18.7. The predicted molar refractivity (Wildman–Crippen MR) is 77.2 cm³/mol. The summed E-state index contributed by atoms with van der Waals surface area (Å²) in [5.74, 6) is 2.14. The Labute approximate surface area is 122 Å². The number of nitrogens with zero attached hydrogens (tertiary/aromatic N) is 4. The molecule has 2 fully saturated rings. The Hall–Kier alpha value is -1.62. The van der Waals surface area contributed by atoms with E-state index in [9.17, 15) is 0 Å². The van der Waals surface area contributed by atoms with Crippen molar-refractivity contribution in [2.45, 2.75) is 31.7 Å². The van der Waals surface area contributed by atoms with Gasteiger partial charge < -0.3 is 5.73 Å². The second kappa shape index (κ2) is 4.45. The second-order valence-electron chi connectivity index (χ2n) is 5.82. The number of anilines is 1. The minimum Gasteiger partial charge on any atom is -0.398 e. The first-order chi connectivity index (χ1) is 9.75. The topological polar surface area (TPSA) is 69.6 Å². The number of hydrogen-bond acceptors (Lipinski definition) is 4. The van der Waals surface area contributed by atoms with Crippen LogP contribution in [0.4, 0.5) is 5.69 Å². The van der Waals surface area contributed by atoms with E-state index in [2.05, 4.69) is 15.5 Å². The smallest absolute Gasteiger partial charge is 0.185 e. The molecular formula is C14H16ClN5. The highest BCUT2D eigenvalue weighted by molar-refractivity contribution is 6.33. The van der Waals surface area contributed by atoms with Crippen LogP contribution >= 0.6 is 11.6 Å². The highest BCUT2D eigenvalue weighted by Gasteiger charge is 2.44. The molecule has 0 spiro atoms. The van der Waals surface area contributed by atoms with Crippen LogP contribution in [0.25, 0.3) is 11.4 Å². The monoisotopic (exact) mass is 289 g/mol. The summed E-state index contributed by atoms with van der Waals surface area (Å²) < 4.78 is 1.97. The van der Waals surface area contributed by atoms with Crippen LogP contribution in [0.5, 0.6) is 0 Å². The summed E-state index contributed by atoms with van der Waals surface area (Å²) in [6.07, 6.45) is 5.11. The fraction of sp³-hybridized carbons (Fsp3) is 0.500. The summed E-state index contributed by atoms with van der Waals surface area (Å²) in [4.78, 5) is 0. The van der Waals surface area contributed by atoms with Gasteiger partial charge in [-0.15, -0.1) is 5.10 Å². The molecule has 104 valence electrons. The number of aromatic nitrogens is 4. The van der Waals surface area contributed by atoms with Crippen molar-refractivity contribution in [1.29, 1.82) is 0 Å². The summed E-state index contributed by atoms with van der Waals surface area (Å²) in [5, 5.41) is 12.9. The molecule has 6 heteroatoms. The first kappa shape index (κ1) is 12.1. The van der Waals surface area contributed by atoms with Crippen LogP contribution in [0.1, 0.15) is 31.7 Å². The van der Waals surface area contributed by atoms with E-state index in [1.54, 1.807) is 0 Å². The van der Waals surface area contributed by atoms with E-state index < -0.39 is 0 Å². The van der Waals surface area contributed by atoms with E-state index in [1.165, 1.54) is 25.7 Å². The van der Waals surface area contributed by atoms with Crippen molar-refractivity contribution >= 4 is 17.3 Å².